The molecule has 0 radical (unpaired) electrons. The first-order valence-corrected chi connectivity index (χ1v) is 9.56. The summed E-state index contributed by atoms with van der Waals surface area (Å²) in [4.78, 5) is 14.0. The molecule has 1 aliphatic rings. The Bertz CT molecular complexity index is 456. The van der Waals surface area contributed by atoms with Gasteiger partial charge >= 0.3 is 0 Å². The zero-order valence-corrected chi connectivity index (χ0v) is 14.4. The fourth-order valence-electron chi connectivity index (χ4n) is 2.46. The van der Waals surface area contributed by atoms with Crippen molar-refractivity contribution >= 4 is 15.9 Å². The Morgan fingerprint density at radius 1 is 1.45 bits per heavy atom. The first kappa shape index (κ1) is 19.1. The highest BCUT2D eigenvalue weighted by molar-refractivity contribution is 7.89. The minimum absolute atomic E-state index is 0.0288. The zero-order valence-electron chi connectivity index (χ0n) is 13.6. The van der Waals surface area contributed by atoms with Gasteiger partial charge in [-0.2, -0.15) is 0 Å². The van der Waals surface area contributed by atoms with E-state index in [1.165, 1.54) is 0 Å². The number of nitrogens with zero attached hydrogens (tertiary/aromatic N) is 1. The van der Waals surface area contributed by atoms with Crippen LogP contribution in [0.1, 0.15) is 39.5 Å². The molecule has 0 aromatic carbocycles. The fraction of sp³-hybridized carbons (Fsp3) is 0.800. The van der Waals surface area contributed by atoms with Crippen LogP contribution in [0.15, 0.2) is 12.7 Å². The summed E-state index contributed by atoms with van der Waals surface area (Å²) >= 11 is 0. The Balaban J connectivity index is 2.38. The van der Waals surface area contributed by atoms with Crippen LogP contribution in [0.5, 0.6) is 0 Å². The summed E-state index contributed by atoms with van der Waals surface area (Å²) in [5, 5.41) is 0. The number of carbonyl (C=O) groups excluding carboxylic acids is 1. The van der Waals surface area contributed by atoms with Crippen LogP contribution in [0.2, 0.25) is 0 Å². The third-order valence-electron chi connectivity index (χ3n) is 3.66. The quantitative estimate of drug-likeness (QED) is 0.510. The van der Waals surface area contributed by atoms with E-state index in [2.05, 4.69) is 11.3 Å². The molecular formula is C15H28N2O4S. The first-order chi connectivity index (χ1) is 10.4. The highest BCUT2D eigenvalue weighted by Crippen LogP contribution is 2.13. The number of likely N-dealkylation sites (tertiary alicyclic amines) is 1. The lowest BCUT2D eigenvalue weighted by atomic mass is 10.1. The van der Waals surface area contributed by atoms with Gasteiger partial charge < -0.3 is 9.64 Å². The molecule has 128 valence electrons. The highest BCUT2D eigenvalue weighted by atomic mass is 32.2. The van der Waals surface area contributed by atoms with E-state index >= 15 is 0 Å². The molecule has 1 heterocycles. The van der Waals surface area contributed by atoms with Gasteiger partial charge in [0.15, 0.2) is 0 Å². The van der Waals surface area contributed by atoms with E-state index < -0.39 is 16.1 Å². The Morgan fingerprint density at radius 3 is 2.64 bits per heavy atom. The van der Waals surface area contributed by atoms with Crippen molar-refractivity contribution in [3.63, 3.8) is 0 Å². The van der Waals surface area contributed by atoms with Gasteiger partial charge in [-0.3, -0.25) is 4.79 Å². The lowest BCUT2D eigenvalue weighted by Crippen LogP contribution is -2.49. The van der Waals surface area contributed by atoms with Gasteiger partial charge in [-0.05, 0) is 32.6 Å². The molecule has 0 aromatic rings. The molecule has 0 spiro atoms. The van der Waals surface area contributed by atoms with Gasteiger partial charge in [0.25, 0.3) is 5.91 Å². The molecular weight excluding hydrogens is 304 g/mol. The van der Waals surface area contributed by atoms with Gasteiger partial charge in [0.2, 0.25) is 10.0 Å². The second-order valence-corrected chi connectivity index (χ2v) is 7.50. The molecule has 22 heavy (non-hydrogen) atoms. The number of hydrogen-bond donors (Lipinski definition) is 1. The molecule has 1 aliphatic heterocycles. The first-order valence-electron chi connectivity index (χ1n) is 7.91. The third-order valence-corrected chi connectivity index (χ3v) is 5.30. The van der Waals surface area contributed by atoms with Crippen LogP contribution in [-0.2, 0) is 19.6 Å². The van der Waals surface area contributed by atoms with Crippen molar-refractivity contribution in [2.45, 2.75) is 51.7 Å². The van der Waals surface area contributed by atoms with E-state index in [9.17, 15) is 13.2 Å². The summed E-state index contributed by atoms with van der Waals surface area (Å²) in [5.74, 6) is 0.124. The number of amides is 1. The van der Waals surface area contributed by atoms with Crippen molar-refractivity contribution in [2.24, 2.45) is 0 Å². The average Bonchev–Trinajstić information content (AvgIpc) is 2.47. The zero-order chi connectivity index (χ0) is 16.6. The maximum absolute atomic E-state index is 12.2. The van der Waals surface area contributed by atoms with Gasteiger partial charge in [0.05, 0.1) is 12.4 Å². The number of nitrogens with one attached hydrogen (secondary N) is 1. The number of hydrogen-bond acceptors (Lipinski definition) is 4. The molecule has 0 aliphatic carbocycles. The van der Waals surface area contributed by atoms with Gasteiger partial charge in [-0.15, -0.1) is 6.58 Å². The number of rotatable bonds is 9. The van der Waals surface area contributed by atoms with Crippen LogP contribution in [0.25, 0.3) is 0 Å². The SMILES string of the molecule is C=CCCOC(C)C(=O)N1CCC(NS(=O)(=O)CCC)CC1. The van der Waals surface area contributed by atoms with Crippen molar-refractivity contribution in [3.8, 4) is 0 Å². The standard InChI is InChI=1S/C15H28N2O4S/c1-4-6-11-21-13(3)15(18)17-9-7-14(8-10-17)16-22(19,20)12-5-2/h4,13-14,16H,1,5-12H2,2-3H3. The molecule has 1 N–H and O–H groups in total. The summed E-state index contributed by atoms with van der Waals surface area (Å²) in [6, 6.07) is -0.0717. The molecule has 1 unspecified atom stereocenters. The molecule has 1 amide bonds. The van der Waals surface area contributed by atoms with E-state index in [4.69, 9.17) is 4.74 Å². The van der Waals surface area contributed by atoms with Crippen LogP contribution in [0, 0.1) is 0 Å². The Kier molecular flexibility index (Phi) is 8.06. The summed E-state index contributed by atoms with van der Waals surface area (Å²) in [6.45, 7) is 8.82. The third kappa shape index (κ3) is 6.46. The fourth-order valence-corrected chi connectivity index (χ4v) is 3.85. The second kappa shape index (κ2) is 9.27. The molecule has 6 nitrogen and oxygen atoms in total. The number of ether oxygens (including phenoxy) is 1. The molecule has 1 atom stereocenters. The molecule has 0 saturated carbocycles. The number of carbonyl (C=O) groups is 1. The molecule has 1 saturated heterocycles. The van der Waals surface area contributed by atoms with E-state index in [1.54, 1.807) is 17.9 Å². The van der Waals surface area contributed by atoms with Crippen molar-refractivity contribution in [1.82, 2.24) is 9.62 Å². The van der Waals surface area contributed by atoms with Crippen molar-refractivity contribution in [3.05, 3.63) is 12.7 Å². The molecule has 0 bridgehead atoms. The van der Waals surface area contributed by atoms with Crippen molar-refractivity contribution in [2.75, 3.05) is 25.4 Å². The van der Waals surface area contributed by atoms with Gasteiger partial charge in [-0.25, -0.2) is 13.1 Å². The predicted octanol–water partition coefficient (Wildman–Crippen LogP) is 1.29. The number of piperidine rings is 1. The van der Waals surface area contributed by atoms with E-state index in [0.29, 0.717) is 39.0 Å². The van der Waals surface area contributed by atoms with E-state index in [1.807, 2.05) is 6.92 Å². The summed E-state index contributed by atoms with van der Waals surface area (Å²) < 4.78 is 31.7. The largest absolute Gasteiger partial charge is 0.368 e. The lowest BCUT2D eigenvalue weighted by molar-refractivity contribution is -0.143. The predicted molar refractivity (Wildman–Crippen MR) is 87.0 cm³/mol. The maximum atomic E-state index is 12.2. The topological polar surface area (TPSA) is 75.7 Å². The molecule has 7 heteroatoms. The molecule has 0 aromatic heterocycles. The molecule has 1 fully saturated rings. The van der Waals surface area contributed by atoms with Crippen molar-refractivity contribution in [1.29, 1.82) is 0 Å². The Labute approximate surface area is 133 Å². The minimum atomic E-state index is -3.19. The van der Waals surface area contributed by atoms with E-state index in [-0.39, 0.29) is 17.7 Å². The van der Waals surface area contributed by atoms with Crippen LogP contribution >= 0.6 is 0 Å². The lowest BCUT2D eigenvalue weighted by Gasteiger charge is -2.33. The summed E-state index contributed by atoms with van der Waals surface area (Å²) in [6.07, 6.45) is 3.91. The Hall–Kier alpha value is -0.920. The van der Waals surface area contributed by atoms with Gasteiger partial charge in [-0.1, -0.05) is 13.0 Å². The number of sulfonamides is 1. The van der Waals surface area contributed by atoms with Crippen molar-refractivity contribution < 1.29 is 17.9 Å². The second-order valence-electron chi connectivity index (χ2n) is 5.63. The van der Waals surface area contributed by atoms with Crippen LogP contribution in [0.4, 0.5) is 0 Å². The smallest absolute Gasteiger partial charge is 0.251 e. The average molecular weight is 332 g/mol. The van der Waals surface area contributed by atoms with E-state index in [0.717, 1.165) is 6.42 Å². The normalized spacial score (nSPS) is 18.2. The highest BCUT2D eigenvalue weighted by Gasteiger charge is 2.28. The summed E-state index contributed by atoms with van der Waals surface area (Å²) in [7, 11) is -3.19. The van der Waals surface area contributed by atoms with Gasteiger partial charge in [0.1, 0.15) is 6.10 Å². The summed E-state index contributed by atoms with van der Waals surface area (Å²) in [5.41, 5.74) is 0. The van der Waals surface area contributed by atoms with Gasteiger partial charge in [0, 0.05) is 19.1 Å². The van der Waals surface area contributed by atoms with Crippen LogP contribution in [-0.4, -0.2) is 56.8 Å². The monoisotopic (exact) mass is 332 g/mol. The minimum Gasteiger partial charge on any atom is -0.368 e. The van der Waals surface area contributed by atoms with Crippen LogP contribution in [0.3, 0.4) is 0 Å². The maximum Gasteiger partial charge on any atom is 0.251 e. The molecule has 1 rings (SSSR count). The Morgan fingerprint density at radius 2 is 2.09 bits per heavy atom. The van der Waals surface area contributed by atoms with Crippen LogP contribution < -0.4 is 4.72 Å².